The van der Waals surface area contributed by atoms with Gasteiger partial charge in [0.2, 0.25) is 5.91 Å². The van der Waals surface area contributed by atoms with Gasteiger partial charge in [0.25, 0.3) is 0 Å². The summed E-state index contributed by atoms with van der Waals surface area (Å²) in [5.74, 6) is -1.48. The van der Waals surface area contributed by atoms with Crippen LogP contribution >= 0.6 is 11.6 Å². The van der Waals surface area contributed by atoms with Crippen LogP contribution in [0.4, 0.5) is 11.6 Å². The Balaban J connectivity index is 2.83. The van der Waals surface area contributed by atoms with Crippen molar-refractivity contribution in [1.29, 1.82) is 0 Å². The van der Waals surface area contributed by atoms with Crippen molar-refractivity contribution in [3.63, 3.8) is 0 Å². The van der Waals surface area contributed by atoms with Crippen LogP contribution in [0.1, 0.15) is 44.6 Å². The molecule has 0 saturated carbocycles. The summed E-state index contributed by atoms with van der Waals surface area (Å²) in [5.41, 5.74) is 10.3. The number of nitrogen functional groups attached to an aromatic ring is 2. The Morgan fingerprint density at radius 2 is 1.91 bits per heavy atom. The highest BCUT2D eigenvalue weighted by Gasteiger charge is 2.20. The molecule has 0 aromatic carbocycles. The third kappa shape index (κ3) is 5.41. The molecular formula is C14H20ClN5O3. The largest absolute Gasteiger partial charge is 0.426 e. The highest BCUT2D eigenvalue weighted by molar-refractivity contribution is 6.31. The lowest BCUT2D eigenvalue weighted by atomic mass is 10.0. The fourth-order valence-corrected chi connectivity index (χ4v) is 1.59. The van der Waals surface area contributed by atoms with Crippen LogP contribution < -0.4 is 16.8 Å². The zero-order valence-corrected chi connectivity index (χ0v) is 14.2. The Hall–Kier alpha value is -2.35. The van der Waals surface area contributed by atoms with E-state index >= 15 is 0 Å². The van der Waals surface area contributed by atoms with E-state index in [2.05, 4.69) is 15.3 Å². The monoisotopic (exact) mass is 341 g/mol. The number of halogens is 1. The molecule has 0 radical (unpaired) electrons. The summed E-state index contributed by atoms with van der Waals surface area (Å²) in [6.45, 7) is 7.17. The van der Waals surface area contributed by atoms with Gasteiger partial charge in [0.05, 0.1) is 0 Å². The number of amides is 1. The number of anilines is 2. The van der Waals surface area contributed by atoms with Crippen LogP contribution in [0.25, 0.3) is 0 Å². The molecule has 1 aromatic heterocycles. The molecule has 0 aliphatic rings. The van der Waals surface area contributed by atoms with E-state index in [0.717, 1.165) is 12.5 Å². The number of rotatable bonds is 5. The maximum Gasteiger partial charge on any atom is 0.365 e. The van der Waals surface area contributed by atoms with Gasteiger partial charge in [0.1, 0.15) is 5.76 Å². The number of nitrogens with two attached hydrogens (primary N) is 2. The van der Waals surface area contributed by atoms with Crippen LogP contribution in [-0.2, 0) is 9.53 Å². The summed E-state index contributed by atoms with van der Waals surface area (Å²) in [7, 11) is 0. The van der Waals surface area contributed by atoms with Gasteiger partial charge in [-0.25, -0.2) is 14.8 Å². The number of carbonyl (C=O) groups is 2. The molecule has 1 heterocycles. The summed E-state index contributed by atoms with van der Waals surface area (Å²) in [5, 5.41) is 2.62. The smallest absolute Gasteiger partial charge is 0.365 e. The SMILES string of the molecule is CCC(C)(C)NC(=O)/C=C(\C)OC(=O)c1nc(Cl)c(N)nc1N. The van der Waals surface area contributed by atoms with Crippen LogP contribution in [0.3, 0.4) is 0 Å². The van der Waals surface area contributed by atoms with Crippen LogP contribution in [-0.4, -0.2) is 27.4 Å². The molecule has 126 valence electrons. The molecule has 0 saturated heterocycles. The number of esters is 1. The molecule has 23 heavy (non-hydrogen) atoms. The van der Waals surface area contributed by atoms with Crippen molar-refractivity contribution in [2.45, 2.75) is 39.7 Å². The molecule has 0 fully saturated rings. The van der Waals surface area contributed by atoms with E-state index in [-0.39, 0.29) is 39.7 Å². The molecule has 9 heteroatoms. The van der Waals surface area contributed by atoms with Crippen molar-refractivity contribution >= 4 is 35.1 Å². The van der Waals surface area contributed by atoms with Crippen molar-refractivity contribution in [3.05, 3.63) is 22.7 Å². The molecule has 8 nitrogen and oxygen atoms in total. The van der Waals surface area contributed by atoms with Gasteiger partial charge in [-0.15, -0.1) is 0 Å². The molecule has 0 aliphatic carbocycles. The van der Waals surface area contributed by atoms with Crippen LogP contribution in [0.5, 0.6) is 0 Å². The standard InChI is InChI=1S/C14H20ClN5O3/c1-5-14(3,4)20-8(21)6-7(2)23-13(22)9-11(16)19-12(17)10(15)18-9/h6H,5H2,1-4H3,(H,20,21)(H4,16,17,19)/b7-6+. The Kier molecular flexibility index (Phi) is 5.91. The number of nitrogens with zero attached hydrogens (tertiary/aromatic N) is 2. The first-order chi connectivity index (χ1) is 10.6. The number of nitrogens with one attached hydrogen (secondary N) is 1. The molecule has 1 rings (SSSR count). The Morgan fingerprint density at radius 1 is 1.30 bits per heavy atom. The summed E-state index contributed by atoms with van der Waals surface area (Å²) in [6, 6.07) is 0. The number of hydrogen-bond donors (Lipinski definition) is 3. The number of ether oxygens (including phenoxy) is 1. The van der Waals surface area contributed by atoms with E-state index in [0.29, 0.717) is 0 Å². The van der Waals surface area contributed by atoms with Gasteiger partial charge in [0.15, 0.2) is 22.5 Å². The highest BCUT2D eigenvalue weighted by Crippen LogP contribution is 2.18. The lowest BCUT2D eigenvalue weighted by molar-refractivity contribution is -0.118. The average molecular weight is 342 g/mol. The number of carbonyl (C=O) groups excluding carboxylic acids is 2. The Morgan fingerprint density at radius 3 is 2.48 bits per heavy atom. The van der Waals surface area contributed by atoms with Gasteiger partial charge in [0, 0.05) is 11.6 Å². The summed E-state index contributed by atoms with van der Waals surface area (Å²) < 4.78 is 5.01. The molecular weight excluding hydrogens is 322 g/mol. The first kappa shape index (κ1) is 18.7. The van der Waals surface area contributed by atoms with Gasteiger partial charge >= 0.3 is 5.97 Å². The lowest BCUT2D eigenvalue weighted by Gasteiger charge is -2.23. The summed E-state index contributed by atoms with van der Waals surface area (Å²) in [4.78, 5) is 31.2. The molecule has 0 bridgehead atoms. The number of allylic oxidation sites excluding steroid dienone is 1. The zero-order valence-electron chi connectivity index (χ0n) is 13.4. The maximum atomic E-state index is 12.0. The predicted octanol–water partition coefficient (Wildman–Crippen LogP) is 1.66. The normalized spacial score (nSPS) is 12.0. The van der Waals surface area contributed by atoms with Crippen molar-refractivity contribution in [2.24, 2.45) is 0 Å². The van der Waals surface area contributed by atoms with Crippen molar-refractivity contribution in [3.8, 4) is 0 Å². The van der Waals surface area contributed by atoms with Crippen LogP contribution in [0.15, 0.2) is 11.8 Å². The third-order valence-corrected chi connectivity index (χ3v) is 3.31. The van der Waals surface area contributed by atoms with E-state index in [1.807, 2.05) is 20.8 Å². The second-order valence-corrected chi connectivity index (χ2v) is 5.86. The molecule has 1 amide bonds. The second kappa shape index (κ2) is 7.28. The van der Waals surface area contributed by atoms with E-state index in [4.69, 9.17) is 27.8 Å². The fraction of sp³-hybridized carbons (Fsp3) is 0.429. The molecule has 1 aromatic rings. The third-order valence-electron chi connectivity index (χ3n) is 3.03. The highest BCUT2D eigenvalue weighted by atomic mass is 35.5. The van der Waals surface area contributed by atoms with Crippen molar-refractivity contribution in [1.82, 2.24) is 15.3 Å². The van der Waals surface area contributed by atoms with Crippen molar-refractivity contribution < 1.29 is 14.3 Å². The molecule has 0 atom stereocenters. The van der Waals surface area contributed by atoms with Crippen LogP contribution in [0.2, 0.25) is 5.15 Å². The minimum absolute atomic E-state index is 0.0774. The van der Waals surface area contributed by atoms with Gasteiger partial charge in [-0.05, 0) is 27.2 Å². The van der Waals surface area contributed by atoms with E-state index < -0.39 is 5.97 Å². The molecule has 5 N–H and O–H groups in total. The second-order valence-electron chi connectivity index (χ2n) is 5.50. The minimum atomic E-state index is -0.881. The zero-order chi connectivity index (χ0) is 17.8. The topological polar surface area (TPSA) is 133 Å². The predicted molar refractivity (Wildman–Crippen MR) is 87.6 cm³/mol. The minimum Gasteiger partial charge on any atom is -0.426 e. The Bertz CT molecular complexity index is 658. The first-order valence-electron chi connectivity index (χ1n) is 6.87. The maximum absolute atomic E-state index is 12.0. The van der Waals surface area contributed by atoms with E-state index in [9.17, 15) is 9.59 Å². The van der Waals surface area contributed by atoms with Gasteiger partial charge < -0.3 is 21.5 Å². The lowest BCUT2D eigenvalue weighted by Crippen LogP contribution is -2.42. The van der Waals surface area contributed by atoms with E-state index in [1.165, 1.54) is 6.92 Å². The summed E-state index contributed by atoms with van der Waals surface area (Å²) >= 11 is 5.70. The molecule has 0 aliphatic heterocycles. The van der Waals surface area contributed by atoms with Gasteiger partial charge in [-0.3, -0.25) is 4.79 Å². The van der Waals surface area contributed by atoms with Gasteiger partial charge in [-0.1, -0.05) is 18.5 Å². The first-order valence-corrected chi connectivity index (χ1v) is 7.24. The number of hydrogen-bond acceptors (Lipinski definition) is 7. The molecule has 0 unspecified atom stereocenters. The molecule has 0 spiro atoms. The summed E-state index contributed by atoms with van der Waals surface area (Å²) in [6.07, 6.45) is 1.92. The van der Waals surface area contributed by atoms with E-state index in [1.54, 1.807) is 0 Å². The Labute approximate surface area is 139 Å². The number of aromatic nitrogens is 2. The quantitative estimate of drug-likeness (QED) is 0.421. The van der Waals surface area contributed by atoms with Crippen molar-refractivity contribution in [2.75, 3.05) is 11.5 Å². The fourth-order valence-electron chi connectivity index (χ4n) is 1.46. The van der Waals surface area contributed by atoms with Crippen LogP contribution in [0, 0.1) is 0 Å². The van der Waals surface area contributed by atoms with Gasteiger partial charge in [-0.2, -0.15) is 0 Å². The average Bonchev–Trinajstić information content (AvgIpc) is 2.41.